The third kappa shape index (κ3) is 5.73. The Bertz CT molecular complexity index is 841. The van der Waals surface area contributed by atoms with Crippen LogP contribution in [0.3, 0.4) is 0 Å². The van der Waals surface area contributed by atoms with Crippen LogP contribution in [0.1, 0.15) is 41.6 Å². The quantitative estimate of drug-likeness (QED) is 0.721. The molecule has 1 aliphatic rings. The van der Waals surface area contributed by atoms with Gasteiger partial charge in [-0.3, -0.25) is 9.59 Å². The van der Waals surface area contributed by atoms with Crippen LogP contribution in [0.25, 0.3) is 0 Å². The molecule has 1 atom stereocenters. The topological polar surface area (TPSA) is 49.4 Å². The van der Waals surface area contributed by atoms with Gasteiger partial charge in [0.2, 0.25) is 5.91 Å². The Labute approximate surface area is 175 Å². The fourth-order valence-electron chi connectivity index (χ4n) is 3.55. The first-order valence-corrected chi connectivity index (χ1v) is 10.3. The van der Waals surface area contributed by atoms with Crippen molar-refractivity contribution in [3.05, 3.63) is 69.7 Å². The second-order valence-electron chi connectivity index (χ2n) is 7.18. The lowest BCUT2D eigenvalue weighted by Crippen LogP contribution is -2.40. The minimum Gasteiger partial charge on any atom is -0.352 e. The number of piperidine rings is 1. The number of nitrogens with zero attached hydrogens (tertiary/aromatic N) is 1. The molecule has 2 aromatic rings. The van der Waals surface area contributed by atoms with E-state index in [4.69, 9.17) is 23.2 Å². The van der Waals surface area contributed by atoms with Crippen LogP contribution in [0.4, 0.5) is 0 Å². The molecule has 1 saturated heterocycles. The molecule has 3 rings (SSSR count). The zero-order valence-corrected chi connectivity index (χ0v) is 17.2. The van der Waals surface area contributed by atoms with Gasteiger partial charge in [-0.25, -0.2) is 0 Å². The van der Waals surface area contributed by atoms with E-state index in [1.54, 1.807) is 24.3 Å². The van der Waals surface area contributed by atoms with Gasteiger partial charge in [0.1, 0.15) is 0 Å². The predicted octanol–water partition coefficient (Wildman–Crippen LogP) is 4.94. The van der Waals surface area contributed by atoms with Gasteiger partial charge in [0.05, 0.1) is 0 Å². The summed E-state index contributed by atoms with van der Waals surface area (Å²) in [4.78, 5) is 26.8. The first-order chi connectivity index (χ1) is 13.5. The highest BCUT2D eigenvalue weighted by molar-refractivity contribution is 6.31. The van der Waals surface area contributed by atoms with Gasteiger partial charge < -0.3 is 10.2 Å². The molecule has 0 spiro atoms. The van der Waals surface area contributed by atoms with Crippen LogP contribution >= 0.6 is 23.2 Å². The number of likely N-dealkylation sites (tertiary alicyclic amines) is 1. The summed E-state index contributed by atoms with van der Waals surface area (Å²) < 4.78 is 0. The summed E-state index contributed by atoms with van der Waals surface area (Å²) in [5, 5.41) is 4.15. The number of benzene rings is 2. The van der Waals surface area contributed by atoms with Crippen molar-refractivity contribution in [3.63, 3.8) is 0 Å². The van der Waals surface area contributed by atoms with E-state index < -0.39 is 0 Å². The molecule has 28 heavy (non-hydrogen) atoms. The van der Waals surface area contributed by atoms with Crippen molar-refractivity contribution in [1.82, 2.24) is 10.2 Å². The third-order valence-electron chi connectivity index (χ3n) is 5.09. The third-order valence-corrected chi connectivity index (χ3v) is 5.70. The summed E-state index contributed by atoms with van der Waals surface area (Å²) in [5.74, 6) is 0.358. The van der Waals surface area contributed by atoms with Gasteiger partial charge in [0.25, 0.3) is 5.91 Å². The highest BCUT2D eigenvalue weighted by Crippen LogP contribution is 2.23. The van der Waals surface area contributed by atoms with Crippen molar-refractivity contribution < 1.29 is 9.59 Å². The number of carbonyl (C=O) groups excluding carboxylic acids is 2. The lowest BCUT2D eigenvalue weighted by Gasteiger charge is -2.33. The summed E-state index contributed by atoms with van der Waals surface area (Å²) in [5.41, 5.74) is 1.53. The van der Waals surface area contributed by atoms with Gasteiger partial charge in [-0.2, -0.15) is 0 Å². The Kier molecular flexibility index (Phi) is 7.35. The molecule has 0 aromatic heterocycles. The molecule has 1 N–H and O–H groups in total. The number of hydrogen-bond acceptors (Lipinski definition) is 2. The Morgan fingerprint density at radius 2 is 1.93 bits per heavy atom. The number of nitrogens with one attached hydrogen (secondary N) is 1. The summed E-state index contributed by atoms with van der Waals surface area (Å²) in [7, 11) is 0. The normalized spacial score (nSPS) is 16.6. The van der Waals surface area contributed by atoms with Gasteiger partial charge in [0, 0.05) is 41.7 Å². The van der Waals surface area contributed by atoms with E-state index in [1.165, 1.54) is 0 Å². The zero-order valence-electron chi connectivity index (χ0n) is 15.7. The maximum absolute atomic E-state index is 12.7. The first-order valence-electron chi connectivity index (χ1n) is 9.58. The largest absolute Gasteiger partial charge is 0.352 e. The highest BCUT2D eigenvalue weighted by Gasteiger charge is 2.25. The molecule has 0 saturated carbocycles. The van der Waals surface area contributed by atoms with Crippen LogP contribution in [0.15, 0.2) is 48.5 Å². The first kappa shape index (κ1) is 20.7. The Hall–Kier alpha value is -2.04. The predicted molar refractivity (Wildman–Crippen MR) is 113 cm³/mol. The van der Waals surface area contributed by atoms with E-state index in [-0.39, 0.29) is 11.8 Å². The van der Waals surface area contributed by atoms with Crippen LogP contribution in [0.5, 0.6) is 0 Å². The minimum absolute atomic E-state index is 0.00960. The molecule has 148 valence electrons. The molecule has 0 radical (unpaired) electrons. The average molecular weight is 419 g/mol. The SMILES string of the molecule is O=C(CC[C@@H]1CCCN(C(=O)c2cccc(Cl)c2)C1)NCc1ccccc1Cl. The van der Waals surface area contributed by atoms with Crippen LogP contribution in [0, 0.1) is 5.92 Å². The monoisotopic (exact) mass is 418 g/mol. The second kappa shape index (κ2) is 9.94. The Balaban J connectivity index is 1.46. The van der Waals surface area contributed by atoms with Crippen molar-refractivity contribution >= 4 is 35.0 Å². The molecule has 0 aliphatic carbocycles. The van der Waals surface area contributed by atoms with Crippen molar-refractivity contribution in [2.45, 2.75) is 32.2 Å². The van der Waals surface area contributed by atoms with E-state index >= 15 is 0 Å². The molecule has 1 heterocycles. The number of hydrogen-bond donors (Lipinski definition) is 1. The molecule has 6 heteroatoms. The van der Waals surface area contributed by atoms with E-state index in [1.807, 2.05) is 29.2 Å². The van der Waals surface area contributed by atoms with Crippen LogP contribution in [0.2, 0.25) is 10.0 Å². The number of amides is 2. The molecule has 0 unspecified atom stereocenters. The van der Waals surface area contributed by atoms with E-state index in [0.29, 0.717) is 41.0 Å². The number of halogens is 2. The molecule has 2 aromatic carbocycles. The Morgan fingerprint density at radius 1 is 1.11 bits per heavy atom. The molecule has 1 aliphatic heterocycles. The second-order valence-corrected chi connectivity index (χ2v) is 8.02. The lowest BCUT2D eigenvalue weighted by molar-refractivity contribution is -0.121. The van der Waals surface area contributed by atoms with E-state index in [2.05, 4.69) is 5.32 Å². The average Bonchev–Trinajstić information content (AvgIpc) is 2.71. The van der Waals surface area contributed by atoms with E-state index in [0.717, 1.165) is 31.4 Å². The lowest BCUT2D eigenvalue weighted by atomic mass is 9.92. The number of rotatable bonds is 6. The number of carbonyl (C=O) groups is 2. The molecule has 2 amide bonds. The van der Waals surface area contributed by atoms with Crippen molar-refractivity contribution in [2.24, 2.45) is 5.92 Å². The van der Waals surface area contributed by atoms with Crippen LogP contribution < -0.4 is 5.32 Å². The van der Waals surface area contributed by atoms with Gasteiger partial charge in [-0.05, 0) is 55.0 Å². The summed E-state index contributed by atoms with van der Waals surface area (Å²) in [6.45, 7) is 1.87. The van der Waals surface area contributed by atoms with Crippen molar-refractivity contribution in [3.8, 4) is 0 Å². The summed E-state index contributed by atoms with van der Waals surface area (Å²) in [6, 6.07) is 14.5. The smallest absolute Gasteiger partial charge is 0.253 e. The zero-order chi connectivity index (χ0) is 19.9. The van der Waals surface area contributed by atoms with Crippen LogP contribution in [-0.4, -0.2) is 29.8 Å². The summed E-state index contributed by atoms with van der Waals surface area (Å²) in [6.07, 6.45) is 3.22. The molecular formula is C22H24Cl2N2O2. The van der Waals surface area contributed by atoms with Crippen molar-refractivity contribution in [1.29, 1.82) is 0 Å². The van der Waals surface area contributed by atoms with Gasteiger partial charge in [-0.15, -0.1) is 0 Å². The van der Waals surface area contributed by atoms with Crippen LogP contribution in [-0.2, 0) is 11.3 Å². The van der Waals surface area contributed by atoms with Gasteiger partial charge in [0.15, 0.2) is 0 Å². The maximum atomic E-state index is 12.7. The fraction of sp³-hybridized carbons (Fsp3) is 0.364. The standard InChI is InChI=1S/C22H24Cl2N2O2/c23-19-8-3-7-17(13-19)22(28)26-12-4-5-16(15-26)10-11-21(27)25-14-18-6-1-2-9-20(18)24/h1-3,6-9,13,16H,4-5,10-12,14-15H2,(H,25,27)/t16-/m0/s1. The van der Waals surface area contributed by atoms with Gasteiger partial charge >= 0.3 is 0 Å². The van der Waals surface area contributed by atoms with Crippen molar-refractivity contribution in [2.75, 3.05) is 13.1 Å². The minimum atomic E-state index is 0.00960. The highest BCUT2D eigenvalue weighted by atomic mass is 35.5. The molecule has 1 fully saturated rings. The fourth-order valence-corrected chi connectivity index (χ4v) is 3.94. The maximum Gasteiger partial charge on any atom is 0.253 e. The summed E-state index contributed by atoms with van der Waals surface area (Å²) >= 11 is 12.1. The Morgan fingerprint density at radius 3 is 2.71 bits per heavy atom. The van der Waals surface area contributed by atoms with E-state index in [9.17, 15) is 9.59 Å². The molecule has 4 nitrogen and oxygen atoms in total. The molecular weight excluding hydrogens is 395 g/mol. The van der Waals surface area contributed by atoms with Gasteiger partial charge in [-0.1, -0.05) is 47.5 Å². The molecule has 0 bridgehead atoms.